The number of benzene rings is 1. The summed E-state index contributed by atoms with van der Waals surface area (Å²) in [5.74, 6) is 1.19. The van der Waals surface area contributed by atoms with Crippen LogP contribution in [0.3, 0.4) is 0 Å². The lowest BCUT2D eigenvalue weighted by atomic mass is 10.2. The molecule has 1 atom stereocenters. The monoisotopic (exact) mass is 229 g/mol. The van der Waals surface area contributed by atoms with E-state index in [1.807, 2.05) is 0 Å². The van der Waals surface area contributed by atoms with Gasteiger partial charge >= 0.3 is 0 Å². The summed E-state index contributed by atoms with van der Waals surface area (Å²) in [5.41, 5.74) is 1.35. The minimum atomic E-state index is 0.684. The molecule has 3 heteroatoms. The minimum Gasteiger partial charge on any atom is -0.342 e. The van der Waals surface area contributed by atoms with Gasteiger partial charge in [-0.05, 0) is 18.4 Å². The van der Waals surface area contributed by atoms with Crippen LogP contribution in [0.5, 0.6) is 0 Å². The van der Waals surface area contributed by atoms with Crippen LogP contribution in [0.25, 0.3) is 0 Å². The fourth-order valence-corrected chi connectivity index (χ4v) is 2.83. The summed E-state index contributed by atoms with van der Waals surface area (Å²) in [7, 11) is 2.15. The van der Waals surface area contributed by atoms with Gasteiger partial charge in [-0.15, -0.1) is 0 Å². The second kappa shape index (κ2) is 4.40. The van der Waals surface area contributed by atoms with Gasteiger partial charge in [0.25, 0.3) is 0 Å². The van der Waals surface area contributed by atoms with Crippen LogP contribution in [0.2, 0.25) is 0 Å². The zero-order valence-electron chi connectivity index (χ0n) is 10.3. The van der Waals surface area contributed by atoms with Gasteiger partial charge in [0.2, 0.25) is 0 Å². The first-order chi connectivity index (χ1) is 8.34. The minimum absolute atomic E-state index is 0.684. The molecule has 2 heterocycles. The Labute approximate surface area is 103 Å². The predicted molar refractivity (Wildman–Crippen MR) is 69.9 cm³/mol. The molecule has 0 unspecified atom stereocenters. The van der Waals surface area contributed by atoms with Gasteiger partial charge in [0.05, 0.1) is 12.6 Å². The molecule has 90 valence electrons. The van der Waals surface area contributed by atoms with Crippen LogP contribution in [-0.2, 0) is 6.54 Å². The highest BCUT2D eigenvalue weighted by Crippen LogP contribution is 2.24. The van der Waals surface area contributed by atoms with Crippen LogP contribution >= 0.6 is 0 Å². The zero-order chi connectivity index (χ0) is 11.7. The van der Waals surface area contributed by atoms with Crippen molar-refractivity contribution in [2.24, 2.45) is 4.99 Å². The van der Waals surface area contributed by atoms with Crippen molar-refractivity contribution < 1.29 is 0 Å². The van der Waals surface area contributed by atoms with E-state index < -0.39 is 0 Å². The first-order valence-electron chi connectivity index (χ1n) is 6.41. The molecule has 3 rings (SSSR count). The molecule has 2 aliphatic rings. The Kier molecular flexibility index (Phi) is 2.75. The molecule has 1 aromatic carbocycles. The van der Waals surface area contributed by atoms with Gasteiger partial charge in [0, 0.05) is 20.1 Å². The van der Waals surface area contributed by atoms with Crippen LogP contribution in [0, 0.1) is 0 Å². The van der Waals surface area contributed by atoms with Gasteiger partial charge in [0.15, 0.2) is 5.96 Å². The Morgan fingerprint density at radius 2 is 2.18 bits per heavy atom. The van der Waals surface area contributed by atoms with Crippen molar-refractivity contribution in [3.8, 4) is 0 Å². The molecule has 0 saturated carbocycles. The largest absolute Gasteiger partial charge is 0.342 e. The van der Waals surface area contributed by atoms with Crippen LogP contribution in [0.15, 0.2) is 35.3 Å². The van der Waals surface area contributed by atoms with Gasteiger partial charge in [-0.2, -0.15) is 0 Å². The third-order valence-electron chi connectivity index (χ3n) is 3.68. The van der Waals surface area contributed by atoms with Crippen LogP contribution < -0.4 is 0 Å². The summed E-state index contributed by atoms with van der Waals surface area (Å²) in [6.07, 6.45) is 2.63. The summed E-state index contributed by atoms with van der Waals surface area (Å²) < 4.78 is 0. The molecule has 17 heavy (non-hydrogen) atoms. The van der Waals surface area contributed by atoms with Crippen molar-refractivity contribution in [1.29, 1.82) is 0 Å². The zero-order valence-corrected chi connectivity index (χ0v) is 10.3. The van der Waals surface area contributed by atoms with Crippen LogP contribution in [-0.4, -0.2) is 41.9 Å². The standard InChI is InChI=1S/C14H19N3/c1-16(11-12-6-3-2-4-7-12)14-15-10-13-8-5-9-17(13)14/h2-4,6-7,13H,5,8-11H2,1H3/t13-/m1/s1. The number of nitrogens with zero attached hydrogens (tertiary/aromatic N) is 3. The third kappa shape index (κ3) is 2.02. The summed E-state index contributed by atoms with van der Waals surface area (Å²) in [5, 5.41) is 0. The Morgan fingerprint density at radius 1 is 1.35 bits per heavy atom. The average Bonchev–Trinajstić information content (AvgIpc) is 2.91. The quantitative estimate of drug-likeness (QED) is 0.772. The van der Waals surface area contributed by atoms with E-state index in [2.05, 4.69) is 52.2 Å². The van der Waals surface area contributed by atoms with E-state index >= 15 is 0 Å². The Morgan fingerprint density at radius 3 is 3.00 bits per heavy atom. The lowest BCUT2D eigenvalue weighted by Crippen LogP contribution is -2.40. The fourth-order valence-electron chi connectivity index (χ4n) is 2.83. The Balaban J connectivity index is 1.69. The summed E-state index contributed by atoms with van der Waals surface area (Å²) in [6, 6.07) is 11.3. The number of fused-ring (bicyclic) bond motifs is 1. The SMILES string of the molecule is CN(Cc1ccccc1)C1=NC[C@H]2CCCN12. The summed E-state index contributed by atoms with van der Waals surface area (Å²) in [4.78, 5) is 9.44. The van der Waals surface area contributed by atoms with Crippen molar-refractivity contribution >= 4 is 5.96 Å². The Hall–Kier alpha value is -1.51. The molecule has 0 amide bonds. The van der Waals surface area contributed by atoms with Gasteiger partial charge in [0.1, 0.15) is 0 Å². The first kappa shape index (κ1) is 10.6. The smallest absolute Gasteiger partial charge is 0.197 e. The number of hydrogen-bond acceptors (Lipinski definition) is 3. The Bertz CT molecular complexity index is 413. The van der Waals surface area contributed by atoms with Gasteiger partial charge in [-0.25, -0.2) is 0 Å². The van der Waals surface area contributed by atoms with Gasteiger partial charge in [-0.3, -0.25) is 4.99 Å². The molecular formula is C14H19N3. The normalized spacial score (nSPS) is 22.5. The van der Waals surface area contributed by atoms with E-state index in [-0.39, 0.29) is 0 Å². The highest BCUT2D eigenvalue weighted by atomic mass is 15.4. The lowest BCUT2D eigenvalue weighted by Gasteiger charge is -2.27. The summed E-state index contributed by atoms with van der Waals surface area (Å²) in [6.45, 7) is 3.12. The molecule has 0 N–H and O–H groups in total. The molecule has 1 fully saturated rings. The predicted octanol–water partition coefficient (Wildman–Crippen LogP) is 1.95. The average molecular weight is 229 g/mol. The maximum Gasteiger partial charge on any atom is 0.197 e. The van der Waals surface area contributed by atoms with Crippen molar-refractivity contribution in [3.63, 3.8) is 0 Å². The second-order valence-electron chi connectivity index (χ2n) is 4.97. The number of hydrogen-bond donors (Lipinski definition) is 0. The van der Waals surface area contributed by atoms with E-state index in [9.17, 15) is 0 Å². The molecule has 0 spiro atoms. The number of guanidine groups is 1. The molecule has 0 aromatic heterocycles. The lowest BCUT2D eigenvalue weighted by molar-refractivity contribution is 0.359. The first-order valence-corrected chi connectivity index (χ1v) is 6.41. The van der Waals surface area contributed by atoms with E-state index in [4.69, 9.17) is 0 Å². The van der Waals surface area contributed by atoms with E-state index in [0.29, 0.717) is 6.04 Å². The molecule has 1 aromatic rings. The molecule has 0 radical (unpaired) electrons. The molecule has 1 saturated heterocycles. The topological polar surface area (TPSA) is 18.8 Å². The number of aliphatic imine (C=N–C) groups is 1. The van der Waals surface area contributed by atoms with Crippen molar-refractivity contribution in [2.75, 3.05) is 20.1 Å². The highest BCUT2D eigenvalue weighted by Gasteiger charge is 2.33. The van der Waals surface area contributed by atoms with Crippen molar-refractivity contribution in [3.05, 3.63) is 35.9 Å². The maximum atomic E-state index is 4.68. The van der Waals surface area contributed by atoms with Crippen molar-refractivity contribution in [1.82, 2.24) is 9.80 Å². The second-order valence-corrected chi connectivity index (χ2v) is 4.97. The van der Waals surface area contributed by atoms with E-state index in [0.717, 1.165) is 13.1 Å². The summed E-state index contributed by atoms with van der Waals surface area (Å²) >= 11 is 0. The van der Waals surface area contributed by atoms with Crippen LogP contribution in [0.4, 0.5) is 0 Å². The fraction of sp³-hybridized carbons (Fsp3) is 0.500. The van der Waals surface area contributed by atoms with E-state index in [1.54, 1.807) is 0 Å². The van der Waals surface area contributed by atoms with Crippen molar-refractivity contribution in [2.45, 2.75) is 25.4 Å². The van der Waals surface area contributed by atoms with Crippen LogP contribution in [0.1, 0.15) is 18.4 Å². The molecule has 0 aliphatic carbocycles. The van der Waals surface area contributed by atoms with Gasteiger partial charge < -0.3 is 9.80 Å². The molecular weight excluding hydrogens is 210 g/mol. The molecule has 0 bridgehead atoms. The van der Waals surface area contributed by atoms with E-state index in [1.165, 1.54) is 30.9 Å². The maximum absolute atomic E-state index is 4.68. The third-order valence-corrected chi connectivity index (χ3v) is 3.68. The number of rotatable bonds is 2. The van der Waals surface area contributed by atoms with Gasteiger partial charge in [-0.1, -0.05) is 30.3 Å². The molecule has 3 nitrogen and oxygen atoms in total. The molecule has 2 aliphatic heterocycles. The highest BCUT2D eigenvalue weighted by molar-refractivity contribution is 5.82.